The Bertz CT molecular complexity index is 465. The van der Waals surface area contributed by atoms with E-state index in [4.69, 9.17) is 22.4 Å². The number of rotatable bonds is 5. The van der Waals surface area contributed by atoms with Crippen LogP contribution in [0.15, 0.2) is 18.2 Å². The third kappa shape index (κ3) is 5.35. The number of halogens is 4. The molecule has 1 atom stereocenters. The summed E-state index contributed by atoms with van der Waals surface area (Å²) in [5.41, 5.74) is 5.89. The van der Waals surface area contributed by atoms with E-state index in [0.29, 0.717) is 12.0 Å². The SMILES string of the molecule is N[C@@H](CCc1ccc(OC(F)(F)F)c(Cl)c1)C(=O)O. The third-order valence-electron chi connectivity index (χ3n) is 2.28. The zero-order chi connectivity index (χ0) is 14.6. The van der Waals surface area contributed by atoms with Crippen LogP contribution in [0.4, 0.5) is 13.2 Å². The van der Waals surface area contributed by atoms with Crippen LogP contribution in [0.1, 0.15) is 12.0 Å². The summed E-state index contributed by atoms with van der Waals surface area (Å²) in [6, 6.07) is 2.72. The number of carboxylic acid groups (broad SMARTS) is 1. The minimum absolute atomic E-state index is 0.158. The molecule has 0 bridgehead atoms. The third-order valence-corrected chi connectivity index (χ3v) is 2.58. The summed E-state index contributed by atoms with van der Waals surface area (Å²) in [4.78, 5) is 10.5. The van der Waals surface area contributed by atoms with Crippen molar-refractivity contribution in [2.75, 3.05) is 0 Å². The average molecular weight is 298 g/mol. The van der Waals surface area contributed by atoms with Crippen molar-refractivity contribution in [2.45, 2.75) is 25.2 Å². The van der Waals surface area contributed by atoms with Gasteiger partial charge in [-0.2, -0.15) is 0 Å². The molecule has 0 spiro atoms. The number of carboxylic acids is 1. The predicted octanol–water partition coefficient (Wildman–Crippen LogP) is 2.58. The van der Waals surface area contributed by atoms with Crippen molar-refractivity contribution in [2.24, 2.45) is 5.73 Å². The zero-order valence-corrected chi connectivity index (χ0v) is 10.3. The maximum absolute atomic E-state index is 12.0. The second-order valence-corrected chi connectivity index (χ2v) is 4.20. The van der Waals surface area contributed by atoms with E-state index in [1.54, 1.807) is 0 Å². The van der Waals surface area contributed by atoms with Crippen LogP contribution in [-0.4, -0.2) is 23.5 Å². The highest BCUT2D eigenvalue weighted by Gasteiger charge is 2.32. The number of alkyl halides is 3. The standard InChI is InChI=1S/C11H11ClF3NO3/c12-7-5-6(1-3-8(16)10(17)18)2-4-9(7)19-11(13,14)15/h2,4-5,8H,1,3,16H2,(H,17,18)/t8-/m0/s1. The van der Waals surface area contributed by atoms with E-state index in [2.05, 4.69) is 4.74 Å². The molecular weight excluding hydrogens is 287 g/mol. The lowest BCUT2D eigenvalue weighted by molar-refractivity contribution is -0.274. The van der Waals surface area contributed by atoms with E-state index in [9.17, 15) is 18.0 Å². The van der Waals surface area contributed by atoms with Crippen molar-refractivity contribution in [1.82, 2.24) is 0 Å². The number of aryl methyl sites for hydroxylation is 1. The summed E-state index contributed by atoms with van der Waals surface area (Å²) in [5, 5.41) is 8.39. The first kappa shape index (κ1) is 15.6. The van der Waals surface area contributed by atoms with E-state index in [1.807, 2.05) is 0 Å². The molecule has 1 rings (SSSR count). The van der Waals surface area contributed by atoms with Crippen molar-refractivity contribution in [3.63, 3.8) is 0 Å². The zero-order valence-electron chi connectivity index (χ0n) is 9.58. The minimum Gasteiger partial charge on any atom is -0.480 e. The van der Waals surface area contributed by atoms with Crippen LogP contribution in [0, 0.1) is 0 Å². The van der Waals surface area contributed by atoms with Crippen molar-refractivity contribution in [3.8, 4) is 5.75 Å². The van der Waals surface area contributed by atoms with Crippen molar-refractivity contribution >= 4 is 17.6 Å². The smallest absolute Gasteiger partial charge is 0.480 e. The molecule has 106 valence electrons. The summed E-state index contributed by atoms with van der Waals surface area (Å²) in [6.45, 7) is 0. The fraction of sp³-hybridized carbons (Fsp3) is 0.364. The largest absolute Gasteiger partial charge is 0.573 e. The van der Waals surface area contributed by atoms with Crippen LogP contribution in [0.25, 0.3) is 0 Å². The van der Waals surface area contributed by atoms with E-state index >= 15 is 0 Å². The van der Waals surface area contributed by atoms with Gasteiger partial charge >= 0.3 is 12.3 Å². The van der Waals surface area contributed by atoms with Gasteiger partial charge in [0, 0.05) is 0 Å². The highest BCUT2D eigenvalue weighted by molar-refractivity contribution is 6.32. The first-order chi connectivity index (χ1) is 8.69. The van der Waals surface area contributed by atoms with Crippen LogP contribution in [0.5, 0.6) is 5.75 Å². The monoisotopic (exact) mass is 297 g/mol. The summed E-state index contributed by atoms with van der Waals surface area (Å²) in [7, 11) is 0. The lowest BCUT2D eigenvalue weighted by atomic mass is 10.1. The molecule has 0 unspecified atom stereocenters. The molecule has 1 aromatic rings. The number of hydrogen-bond donors (Lipinski definition) is 2. The van der Waals surface area contributed by atoms with Crippen molar-refractivity contribution < 1.29 is 27.8 Å². The van der Waals surface area contributed by atoms with Gasteiger partial charge in [0.25, 0.3) is 0 Å². The molecule has 0 saturated heterocycles. The Labute approximate surface area is 111 Å². The Morgan fingerprint density at radius 3 is 2.58 bits per heavy atom. The van der Waals surface area contributed by atoms with Crippen LogP contribution in [0.3, 0.4) is 0 Å². The van der Waals surface area contributed by atoms with Gasteiger partial charge in [-0.3, -0.25) is 4.79 Å². The number of carbonyl (C=O) groups is 1. The van der Waals surface area contributed by atoms with Gasteiger partial charge < -0.3 is 15.6 Å². The number of nitrogens with two attached hydrogens (primary N) is 1. The Morgan fingerprint density at radius 2 is 2.11 bits per heavy atom. The molecule has 0 aliphatic rings. The first-order valence-electron chi connectivity index (χ1n) is 5.21. The van der Waals surface area contributed by atoms with Gasteiger partial charge in [0.1, 0.15) is 11.8 Å². The predicted molar refractivity (Wildman–Crippen MR) is 62.1 cm³/mol. The number of ether oxygens (including phenoxy) is 1. The molecule has 3 N–H and O–H groups in total. The van der Waals surface area contributed by atoms with E-state index in [0.717, 1.165) is 6.07 Å². The normalized spacial score (nSPS) is 13.1. The molecule has 0 aromatic heterocycles. The molecule has 0 saturated carbocycles. The van der Waals surface area contributed by atoms with E-state index < -0.39 is 24.1 Å². The van der Waals surface area contributed by atoms with Gasteiger partial charge in [-0.25, -0.2) is 0 Å². The van der Waals surface area contributed by atoms with Crippen molar-refractivity contribution in [1.29, 1.82) is 0 Å². The Balaban J connectivity index is 2.69. The minimum atomic E-state index is -4.81. The molecule has 8 heteroatoms. The van der Waals surface area contributed by atoms with Gasteiger partial charge in [0.05, 0.1) is 5.02 Å². The second-order valence-electron chi connectivity index (χ2n) is 3.80. The first-order valence-corrected chi connectivity index (χ1v) is 5.59. The lowest BCUT2D eigenvalue weighted by Crippen LogP contribution is -2.30. The highest BCUT2D eigenvalue weighted by Crippen LogP contribution is 2.31. The molecule has 0 fully saturated rings. The number of aliphatic carboxylic acids is 1. The number of hydrogen-bond acceptors (Lipinski definition) is 3. The van der Waals surface area contributed by atoms with Crippen molar-refractivity contribution in [3.05, 3.63) is 28.8 Å². The lowest BCUT2D eigenvalue weighted by Gasteiger charge is -2.12. The van der Waals surface area contributed by atoms with Gasteiger partial charge in [-0.15, -0.1) is 13.2 Å². The molecule has 4 nitrogen and oxygen atoms in total. The average Bonchev–Trinajstić information content (AvgIpc) is 2.27. The maximum Gasteiger partial charge on any atom is 0.573 e. The fourth-order valence-electron chi connectivity index (χ4n) is 1.35. The highest BCUT2D eigenvalue weighted by atomic mass is 35.5. The molecule has 1 aromatic carbocycles. The Kier molecular flexibility index (Phi) is 5.02. The summed E-state index contributed by atoms with van der Waals surface area (Å²) < 4.78 is 39.7. The Hall–Kier alpha value is -1.47. The molecule has 0 aliphatic carbocycles. The van der Waals surface area contributed by atoms with Crippen LogP contribution in [0.2, 0.25) is 5.02 Å². The quantitative estimate of drug-likeness (QED) is 0.876. The topological polar surface area (TPSA) is 72.5 Å². The summed E-state index contributed by atoms with van der Waals surface area (Å²) >= 11 is 5.64. The maximum atomic E-state index is 12.0. The molecule has 19 heavy (non-hydrogen) atoms. The Morgan fingerprint density at radius 1 is 1.47 bits per heavy atom. The molecule has 0 heterocycles. The molecular formula is C11H11ClF3NO3. The summed E-state index contributed by atoms with van der Waals surface area (Å²) in [5.74, 6) is -1.64. The van der Waals surface area contributed by atoms with E-state index in [-0.39, 0.29) is 11.4 Å². The molecule has 0 aliphatic heterocycles. The number of benzene rings is 1. The fourth-order valence-corrected chi connectivity index (χ4v) is 1.59. The second kappa shape index (κ2) is 6.12. The molecule has 0 radical (unpaired) electrons. The van der Waals surface area contributed by atoms with Gasteiger partial charge in [-0.1, -0.05) is 17.7 Å². The summed E-state index contributed by atoms with van der Waals surface area (Å²) in [6.07, 6.45) is -4.36. The van der Waals surface area contributed by atoms with Gasteiger partial charge in [0.2, 0.25) is 0 Å². The molecule has 0 amide bonds. The van der Waals surface area contributed by atoms with E-state index in [1.165, 1.54) is 12.1 Å². The van der Waals surface area contributed by atoms with Crippen LogP contribution < -0.4 is 10.5 Å². The van der Waals surface area contributed by atoms with Gasteiger partial charge in [-0.05, 0) is 30.5 Å². The van der Waals surface area contributed by atoms with Crippen LogP contribution >= 0.6 is 11.6 Å². The van der Waals surface area contributed by atoms with Crippen LogP contribution in [-0.2, 0) is 11.2 Å². The van der Waals surface area contributed by atoms with Gasteiger partial charge in [0.15, 0.2) is 0 Å².